The number of rotatable bonds is 2. The Bertz CT molecular complexity index is 676. The van der Waals surface area contributed by atoms with Gasteiger partial charge in [-0.3, -0.25) is 0 Å². The number of nitrogens with zero attached hydrogens (tertiary/aromatic N) is 2. The standard InChI is InChI=1S/C14H12BrN3/c15-11-6-7-13-17-8-12(18(13)9-11)14(16)10-4-2-1-3-5-10/h1-9,14H,16H2. The zero-order valence-electron chi connectivity index (χ0n) is 9.62. The van der Waals surface area contributed by atoms with E-state index in [1.807, 2.05) is 59.3 Å². The molecule has 3 nitrogen and oxygen atoms in total. The zero-order valence-corrected chi connectivity index (χ0v) is 11.2. The van der Waals surface area contributed by atoms with Crippen molar-refractivity contribution in [3.05, 3.63) is 70.6 Å². The summed E-state index contributed by atoms with van der Waals surface area (Å²) in [5, 5.41) is 0. The van der Waals surface area contributed by atoms with E-state index >= 15 is 0 Å². The van der Waals surface area contributed by atoms with Gasteiger partial charge in [0.1, 0.15) is 5.65 Å². The number of fused-ring (bicyclic) bond motifs is 1. The number of aromatic nitrogens is 2. The molecule has 0 saturated carbocycles. The van der Waals surface area contributed by atoms with E-state index < -0.39 is 0 Å². The second-order valence-electron chi connectivity index (χ2n) is 4.15. The molecule has 1 unspecified atom stereocenters. The predicted molar refractivity (Wildman–Crippen MR) is 75.4 cm³/mol. The Morgan fingerprint density at radius 3 is 2.67 bits per heavy atom. The summed E-state index contributed by atoms with van der Waals surface area (Å²) in [5.74, 6) is 0. The number of nitrogens with two attached hydrogens (primary N) is 1. The molecule has 0 fully saturated rings. The van der Waals surface area contributed by atoms with E-state index in [2.05, 4.69) is 20.9 Å². The van der Waals surface area contributed by atoms with Crippen molar-refractivity contribution < 1.29 is 0 Å². The fourth-order valence-electron chi connectivity index (χ4n) is 2.03. The third kappa shape index (κ3) is 1.94. The molecule has 18 heavy (non-hydrogen) atoms. The molecular formula is C14H12BrN3. The molecule has 3 rings (SSSR count). The lowest BCUT2D eigenvalue weighted by molar-refractivity contribution is 0.814. The van der Waals surface area contributed by atoms with Crippen LogP contribution in [0.2, 0.25) is 0 Å². The highest BCUT2D eigenvalue weighted by Gasteiger charge is 2.13. The summed E-state index contributed by atoms with van der Waals surface area (Å²) in [5.41, 5.74) is 9.27. The van der Waals surface area contributed by atoms with E-state index in [-0.39, 0.29) is 6.04 Å². The van der Waals surface area contributed by atoms with Crippen LogP contribution in [-0.4, -0.2) is 9.38 Å². The summed E-state index contributed by atoms with van der Waals surface area (Å²) < 4.78 is 3.02. The van der Waals surface area contributed by atoms with Crippen LogP contribution in [0.5, 0.6) is 0 Å². The third-order valence-corrected chi connectivity index (χ3v) is 3.44. The molecule has 0 amide bonds. The highest BCUT2D eigenvalue weighted by Crippen LogP contribution is 2.22. The van der Waals surface area contributed by atoms with Crippen LogP contribution in [0.1, 0.15) is 17.3 Å². The maximum atomic E-state index is 6.30. The highest BCUT2D eigenvalue weighted by molar-refractivity contribution is 9.10. The van der Waals surface area contributed by atoms with Gasteiger partial charge in [-0.05, 0) is 33.6 Å². The number of hydrogen-bond donors (Lipinski definition) is 1. The van der Waals surface area contributed by atoms with Crippen LogP contribution in [0.15, 0.2) is 59.3 Å². The molecule has 0 saturated heterocycles. The van der Waals surface area contributed by atoms with Crippen molar-refractivity contribution in [2.45, 2.75) is 6.04 Å². The first-order valence-corrected chi connectivity index (χ1v) is 6.48. The fourth-order valence-corrected chi connectivity index (χ4v) is 2.37. The fraction of sp³-hybridized carbons (Fsp3) is 0.0714. The molecule has 2 aromatic heterocycles. The van der Waals surface area contributed by atoms with E-state index in [4.69, 9.17) is 5.73 Å². The van der Waals surface area contributed by atoms with Crippen molar-refractivity contribution in [1.29, 1.82) is 0 Å². The summed E-state index contributed by atoms with van der Waals surface area (Å²) in [6.45, 7) is 0. The van der Waals surface area contributed by atoms with Crippen LogP contribution in [0, 0.1) is 0 Å². The van der Waals surface area contributed by atoms with Crippen molar-refractivity contribution in [2.24, 2.45) is 5.73 Å². The summed E-state index contributed by atoms with van der Waals surface area (Å²) >= 11 is 3.47. The molecule has 0 aliphatic heterocycles. The molecule has 2 N–H and O–H groups in total. The minimum Gasteiger partial charge on any atom is -0.319 e. The first-order chi connectivity index (χ1) is 8.75. The van der Waals surface area contributed by atoms with Gasteiger partial charge in [-0.2, -0.15) is 0 Å². The largest absolute Gasteiger partial charge is 0.319 e. The van der Waals surface area contributed by atoms with Gasteiger partial charge in [0.2, 0.25) is 0 Å². The Balaban J connectivity index is 2.12. The van der Waals surface area contributed by atoms with Crippen LogP contribution in [-0.2, 0) is 0 Å². The topological polar surface area (TPSA) is 43.3 Å². The van der Waals surface area contributed by atoms with Gasteiger partial charge in [0.25, 0.3) is 0 Å². The highest BCUT2D eigenvalue weighted by atomic mass is 79.9. The third-order valence-electron chi connectivity index (χ3n) is 2.98. The number of hydrogen-bond acceptors (Lipinski definition) is 2. The number of imidazole rings is 1. The lowest BCUT2D eigenvalue weighted by atomic mass is 10.1. The molecule has 4 heteroatoms. The molecular weight excluding hydrogens is 290 g/mol. The zero-order chi connectivity index (χ0) is 12.5. The maximum absolute atomic E-state index is 6.30. The van der Waals surface area contributed by atoms with E-state index in [1.54, 1.807) is 0 Å². The van der Waals surface area contributed by atoms with Crippen LogP contribution < -0.4 is 5.73 Å². The quantitative estimate of drug-likeness (QED) is 0.790. The second kappa shape index (κ2) is 4.55. The molecule has 1 aromatic carbocycles. The van der Waals surface area contributed by atoms with Crippen molar-refractivity contribution in [3.63, 3.8) is 0 Å². The molecule has 0 radical (unpaired) electrons. The van der Waals surface area contributed by atoms with Crippen LogP contribution in [0.3, 0.4) is 0 Å². The SMILES string of the molecule is NC(c1ccccc1)c1cnc2ccc(Br)cn12. The van der Waals surface area contributed by atoms with Crippen molar-refractivity contribution in [2.75, 3.05) is 0 Å². The Hall–Kier alpha value is -1.65. The van der Waals surface area contributed by atoms with Gasteiger partial charge in [-0.1, -0.05) is 30.3 Å². The normalized spacial score (nSPS) is 12.8. The van der Waals surface area contributed by atoms with E-state index in [1.165, 1.54) is 0 Å². The summed E-state index contributed by atoms with van der Waals surface area (Å²) in [6, 6.07) is 13.8. The average Bonchev–Trinajstić information content (AvgIpc) is 2.82. The Morgan fingerprint density at radius 2 is 1.89 bits per heavy atom. The number of halogens is 1. The molecule has 0 bridgehead atoms. The molecule has 2 heterocycles. The molecule has 1 atom stereocenters. The minimum atomic E-state index is -0.171. The van der Waals surface area contributed by atoms with Gasteiger partial charge in [0.15, 0.2) is 0 Å². The van der Waals surface area contributed by atoms with Gasteiger partial charge < -0.3 is 10.1 Å². The smallest absolute Gasteiger partial charge is 0.137 e. The minimum absolute atomic E-state index is 0.171. The van der Waals surface area contributed by atoms with E-state index in [9.17, 15) is 0 Å². The summed E-state index contributed by atoms with van der Waals surface area (Å²) in [6.07, 6.45) is 3.82. The van der Waals surface area contributed by atoms with Gasteiger partial charge >= 0.3 is 0 Å². The van der Waals surface area contributed by atoms with Gasteiger partial charge in [-0.25, -0.2) is 4.98 Å². The van der Waals surface area contributed by atoms with Crippen LogP contribution in [0.25, 0.3) is 5.65 Å². The maximum Gasteiger partial charge on any atom is 0.137 e. The summed E-state index contributed by atoms with van der Waals surface area (Å²) in [4.78, 5) is 4.37. The molecule has 0 aliphatic rings. The number of benzene rings is 1. The lowest BCUT2D eigenvalue weighted by Crippen LogP contribution is -2.13. The average molecular weight is 302 g/mol. The lowest BCUT2D eigenvalue weighted by Gasteiger charge is -2.11. The van der Waals surface area contributed by atoms with Crippen molar-refractivity contribution >= 4 is 21.6 Å². The molecule has 3 aromatic rings. The predicted octanol–water partition coefficient (Wildman–Crippen LogP) is 3.14. The van der Waals surface area contributed by atoms with Gasteiger partial charge in [0, 0.05) is 10.7 Å². The monoisotopic (exact) mass is 301 g/mol. The van der Waals surface area contributed by atoms with Crippen LogP contribution >= 0.6 is 15.9 Å². The summed E-state index contributed by atoms with van der Waals surface area (Å²) in [7, 11) is 0. The van der Waals surface area contributed by atoms with E-state index in [0.717, 1.165) is 21.4 Å². The van der Waals surface area contributed by atoms with Crippen molar-refractivity contribution in [1.82, 2.24) is 9.38 Å². The Morgan fingerprint density at radius 1 is 1.11 bits per heavy atom. The van der Waals surface area contributed by atoms with Crippen LogP contribution in [0.4, 0.5) is 0 Å². The first kappa shape index (κ1) is 11.4. The van der Waals surface area contributed by atoms with Gasteiger partial charge in [0.05, 0.1) is 17.9 Å². The Kier molecular flexibility index (Phi) is 2.89. The van der Waals surface area contributed by atoms with Gasteiger partial charge in [-0.15, -0.1) is 0 Å². The van der Waals surface area contributed by atoms with Crippen molar-refractivity contribution in [3.8, 4) is 0 Å². The second-order valence-corrected chi connectivity index (χ2v) is 5.06. The molecule has 90 valence electrons. The first-order valence-electron chi connectivity index (χ1n) is 5.69. The Labute approximate surface area is 113 Å². The molecule has 0 spiro atoms. The number of pyridine rings is 1. The molecule has 0 aliphatic carbocycles. The van der Waals surface area contributed by atoms with E-state index in [0.29, 0.717) is 0 Å².